The third-order valence-electron chi connectivity index (χ3n) is 5.75. The summed E-state index contributed by atoms with van der Waals surface area (Å²) < 4.78 is 5.36. The van der Waals surface area contributed by atoms with E-state index >= 15 is 0 Å². The van der Waals surface area contributed by atoms with Gasteiger partial charge in [-0.25, -0.2) is 0 Å². The highest BCUT2D eigenvalue weighted by Crippen LogP contribution is 2.53. The van der Waals surface area contributed by atoms with Crippen LogP contribution in [-0.2, 0) is 10.2 Å². The molecular formula is C18H24O3. The number of aliphatic hydroxyl groups excluding tert-OH is 1. The van der Waals surface area contributed by atoms with Crippen LogP contribution in [0.25, 0.3) is 0 Å². The zero-order valence-electron chi connectivity index (χ0n) is 12.8. The molecule has 2 saturated carbocycles. The van der Waals surface area contributed by atoms with Gasteiger partial charge in [-0.3, -0.25) is 4.79 Å². The maximum absolute atomic E-state index is 12.1. The van der Waals surface area contributed by atoms with Crippen LogP contribution in [0.15, 0.2) is 24.3 Å². The third-order valence-corrected chi connectivity index (χ3v) is 5.75. The van der Waals surface area contributed by atoms with Gasteiger partial charge in [-0.15, -0.1) is 0 Å². The van der Waals surface area contributed by atoms with Crippen molar-refractivity contribution >= 4 is 5.78 Å². The van der Waals surface area contributed by atoms with Crippen molar-refractivity contribution in [2.45, 2.75) is 50.5 Å². The number of ketones is 1. The summed E-state index contributed by atoms with van der Waals surface area (Å²) >= 11 is 0. The number of Topliss-reactive ketones (excluding diaryl/α,β-unsaturated/α-hetero) is 1. The molecule has 1 aromatic rings. The number of carbonyl (C=O) groups excluding carboxylic acids is 1. The van der Waals surface area contributed by atoms with Gasteiger partial charge in [0.2, 0.25) is 0 Å². The van der Waals surface area contributed by atoms with Crippen LogP contribution in [0.4, 0.5) is 0 Å². The Morgan fingerprint density at radius 3 is 2.90 bits per heavy atom. The molecule has 0 bridgehead atoms. The molecule has 1 aromatic carbocycles. The van der Waals surface area contributed by atoms with Crippen molar-refractivity contribution in [1.29, 1.82) is 0 Å². The molecular weight excluding hydrogens is 264 g/mol. The van der Waals surface area contributed by atoms with Crippen LogP contribution in [0.5, 0.6) is 5.75 Å². The highest BCUT2D eigenvalue weighted by atomic mass is 16.5. The largest absolute Gasteiger partial charge is 0.497 e. The van der Waals surface area contributed by atoms with Crippen LogP contribution in [0, 0.1) is 11.8 Å². The molecule has 0 spiro atoms. The Morgan fingerprint density at radius 2 is 2.14 bits per heavy atom. The number of aliphatic hydroxyl groups is 1. The van der Waals surface area contributed by atoms with Gasteiger partial charge in [0.05, 0.1) is 13.2 Å². The monoisotopic (exact) mass is 288 g/mol. The van der Waals surface area contributed by atoms with Crippen LogP contribution in [0.2, 0.25) is 0 Å². The lowest BCUT2D eigenvalue weighted by Crippen LogP contribution is -2.55. The molecule has 2 fully saturated rings. The van der Waals surface area contributed by atoms with Crippen molar-refractivity contribution in [3.63, 3.8) is 0 Å². The molecule has 0 amide bonds. The lowest BCUT2D eigenvalue weighted by molar-refractivity contribution is -0.134. The van der Waals surface area contributed by atoms with Crippen molar-refractivity contribution in [2.75, 3.05) is 7.11 Å². The van der Waals surface area contributed by atoms with Crippen molar-refractivity contribution in [2.24, 2.45) is 11.8 Å². The van der Waals surface area contributed by atoms with E-state index in [1.807, 2.05) is 25.1 Å². The Morgan fingerprint density at radius 1 is 1.33 bits per heavy atom. The zero-order valence-corrected chi connectivity index (χ0v) is 12.8. The number of hydrogen-bond acceptors (Lipinski definition) is 3. The summed E-state index contributed by atoms with van der Waals surface area (Å²) in [5.41, 5.74) is 0.860. The summed E-state index contributed by atoms with van der Waals surface area (Å²) in [4.78, 5) is 12.1. The maximum atomic E-state index is 12.1. The fraction of sp³-hybridized carbons (Fsp3) is 0.611. The number of methoxy groups -OCH3 is 1. The summed E-state index contributed by atoms with van der Waals surface area (Å²) in [7, 11) is 1.67. The van der Waals surface area contributed by atoms with Gasteiger partial charge in [-0.05, 0) is 42.9 Å². The van der Waals surface area contributed by atoms with E-state index in [4.69, 9.17) is 4.74 Å². The van der Waals surface area contributed by atoms with Gasteiger partial charge in [-0.1, -0.05) is 25.5 Å². The quantitative estimate of drug-likeness (QED) is 0.909. The predicted molar refractivity (Wildman–Crippen MR) is 81.4 cm³/mol. The number of carbonyl (C=O) groups is 1. The summed E-state index contributed by atoms with van der Waals surface area (Å²) in [6, 6.07) is 8.06. The minimum atomic E-state index is -0.362. The second-order valence-corrected chi connectivity index (χ2v) is 6.58. The first kappa shape index (κ1) is 14.6. The molecule has 3 rings (SSSR count). The summed E-state index contributed by atoms with van der Waals surface area (Å²) in [5.74, 6) is 1.46. The van der Waals surface area contributed by atoms with Gasteiger partial charge < -0.3 is 9.84 Å². The van der Waals surface area contributed by atoms with E-state index in [0.29, 0.717) is 12.2 Å². The standard InChI is InChI=1S/C18H24O3/c1-12-15-7-4-8-17(20)18(15,10-9-16(12)19)13-5-3-6-14(11-13)21-2/h3,5-6,11-12,15,17,20H,4,7-10H2,1-2H3/t12?,15-,17-,18+/m0/s1. The number of hydrogen-bond donors (Lipinski definition) is 1. The van der Waals surface area contributed by atoms with E-state index in [2.05, 4.69) is 6.07 Å². The molecule has 0 aromatic heterocycles. The van der Waals surface area contributed by atoms with E-state index in [1.54, 1.807) is 7.11 Å². The van der Waals surface area contributed by atoms with Crippen LogP contribution >= 0.6 is 0 Å². The van der Waals surface area contributed by atoms with Gasteiger partial charge in [0.1, 0.15) is 11.5 Å². The molecule has 1 N–H and O–H groups in total. The molecule has 4 atom stereocenters. The topological polar surface area (TPSA) is 46.5 Å². The van der Waals surface area contributed by atoms with E-state index in [9.17, 15) is 9.90 Å². The highest BCUT2D eigenvalue weighted by molar-refractivity contribution is 5.82. The van der Waals surface area contributed by atoms with Crippen molar-refractivity contribution in [3.8, 4) is 5.75 Å². The van der Waals surface area contributed by atoms with Gasteiger partial charge in [0, 0.05) is 17.8 Å². The van der Waals surface area contributed by atoms with Gasteiger partial charge >= 0.3 is 0 Å². The lowest BCUT2D eigenvalue weighted by Gasteiger charge is -2.53. The minimum absolute atomic E-state index is 0.0416. The first-order valence-corrected chi connectivity index (χ1v) is 7.95. The van der Waals surface area contributed by atoms with Crippen LogP contribution < -0.4 is 4.74 Å². The summed E-state index contributed by atoms with van der Waals surface area (Å²) in [6.07, 6.45) is 3.84. The second-order valence-electron chi connectivity index (χ2n) is 6.58. The van der Waals surface area contributed by atoms with Gasteiger partial charge in [0.25, 0.3) is 0 Å². The first-order valence-electron chi connectivity index (χ1n) is 7.95. The van der Waals surface area contributed by atoms with E-state index in [-0.39, 0.29) is 23.4 Å². The second kappa shape index (κ2) is 5.45. The average molecular weight is 288 g/mol. The molecule has 21 heavy (non-hydrogen) atoms. The Labute approximate surface area is 126 Å². The van der Waals surface area contributed by atoms with Crippen LogP contribution in [0.3, 0.4) is 0 Å². The van der Waals surface area contributed by atoms with Gasteiger partial charge in [0.15, 0.2) is 0 Å². The minimum Gasteiger partial charge on any atom is -0.497 e. The summed E-state index contributed by atoms with van der Waals surface area (Å²) in [6.45, 7) is 2.04. The SMILES string of the molecule is COc1cccc([C@]23CCC(=O)C(C)[C@@H]2CCC[C@@H]3O)c1. The van der Waals surface area contributed by atoms with Crippen LogP contribution in [0.1, 0.15) is 44.6 Å². The van der Waals surface area contributed by atoms with E-state index in [0.717, 1.165) is 37.0 Å². The third kappa shape index (κ3) is 2.18. The molecule has 3 heteroatoms. The molecule has 2 aliphatic rings. The molecule has 0 aliphatic heterocycles. The van der Waals surface area contributed by atoms with Crippen molar-refractivity contribution in [3.05, 3.63) is 29.8 Å². The molecule has 1 unspecified atom stereocenters. The molecule has 0 radical (unpaired) electrons. The maximum Gasteiger partial charge on any atom is 0.136 e. The molecule has 0 heterocycles. The lowest BCUT2D eigenvalue weighted by atomic mass is 9.52. The Balaban J connectivity index is 2.09. The van der Waals surface area contributed by atoms with Crippen molar-refractivity contribution < 1.29 is 14.6 Å². The highest BCUT2D eigenvalue weighted by Gasteiger charge is 2.53. The van der Waals surface area contributed by atoms with Crippen molar-refractivity contribution in [1.82, 2.24) is 0 Å². The van der Waals surface area contributed by atoms with E-state index < -0.39 is 0 Å². The number of rotatable bonds is 2. The molecule has 3 nitrogen and oxygen atoms in total. The van der Waals surface area contributed by atoms with Crippen LogP contribution in [-0.4, -0.2) is 24.1 Å². The Kier molecular flexibility index (Phi) is 3.78. The molecule has 0 saturated heterocycles. The Bertz CT molecular complexity index is 539. The number of ether oxygens (including phenoxy) is 1. The number of fused-ring (bicyclic) bond motifs is 1. The normalized spacial score (nSPS) is 36.1. The van der Waals surface area contributed by atoms with Gasteiger partial charge in [-0.2, -0.15) is 0 Å². The Hall–Kier alpha value is -1.35. The predicted octanol–water partition coefficient (Wildman–Crippen LogP) is 3.09. The smallest absolute Gasteiger partial charge is 0.136 e. The number of benzene rings is 1. The average Bonchev–Trinajstić information content (AvgIpc) is 2.52. The molecule has 114 valence electrons. The van der Waals surface area contributed by atoms with E-state index in [1.165, 1.54) is 0 Å². The zero-order chi connectivity index (χ0) is 15.0. The fourth-order valence-electron chi connectivity index (χ4n) is 4.59. The summed E-state index contributed by atoms with van der Waals surface area (Å²) in [5, 5.41) is 10.8. The first-order chi connectivity index (χ1) is 10.1. The fourth-order valence-corrected chi connectivity index (χ4v) is 4.59. The molecule has 2 aliphatic carbocycles.